The van der Waals surface area contributed by atoms with E-state index in [9.17, 15) is 4.79 Å². The van der Waals surface area contributed by atoms with Gasteiger partial charge in [0.2, 0.25) is 0 Å². The summed E-state index contributed by atoms with van der Waals surface area (Å²) in [7, 11) is 1.86. The third-order valence-electron chi connectivity index (χ3n) is 5.10. The molecule has 0 radical (unpaired) electrons. The lowest BCUT2D eigenvalue weighted by Crippen LogP contribution is -2.48. The fourth-order valence-electron chi connectivity index (χ4n) is 3.31. The lowest BCUT2D eigenvalue weighted by molar-refractivity contribution is 0.0740. The summed E-state index contributed by atoms with van der Waals surface area (Å²) in [5.74, 6) is 0.0179. The van der Waals surface area contributed by atoms with Crippen LogP contribution in [0.15, 0.2) is 18.2 Å². The van der Waals surface area contributed by atoms with Crippen LogP contribution >= 0.6 is 11.3 Å². The molecule has 1 amide bonds. The van der Waals surface area contributed by atoms with Crippen molar-refractivity contribution >= 4 is 32.6 Å². The Bertz CT molecular complexity index is 923. The maximum atomic E-state index is 12.7. The summed E-state index contributed by atoms with van der Waals surface area (Å²) in [4.78, 5) is 21.7. The Kier molecular flexibility index (Phi) is 4.19. The van der Waals surface area contributed by atoms with Crippen LogP contribution in [-0.2, 0) is 7.05 Å². The molecule has 6 nitrogen and oxygen atoms in total. The second-order valence-corrected chi connectivity index (χ2v) is 7.92. The van der Waals surface area contributed by atoms with Gasteiger partial charge in [0.1, 0.15) is 0 Å². The normalized spacial score (nSPS) is 15.1. The number of hydrogen-bond donors (Lipinski definition) is 0. The molecule has 3 aromatic rings. The number of amides is 1. The van der Waals surface area contributed by atoms with Crippen molar-refractivity contribution in [3.8, 4) is 0 Å². The minimum absolute atomic E-state index is 0.0179. The molecule has 3 heterocycles. The zero-order valence-corrected chi connectivity index (χ0v) is 16.4. The Labute approximate surface area is 157 Å². The molecule has 0 spiro atoms. The molecule has 7 heteroatoms. The van der Waals surface area contributed by atoms with Gasteiger partial charge in [-0.25, -0.2) is 4.98 Å². The molecule has 1 aromatic carbocycles. The van der Waals surface area contributed by atoms with Gasteiger partial charge in [-0.1, -0.05) is 23.5 Å². The zero-order chi connectivity index (χ0) is 18.4. The van der Waals surface area contributed by atoms with E-state index in [1.54, 1.807) is 16.0 Å². The second kappa shape index (κ2) is 6.39. The molecule has 1 aliphatic rings. The fraction of sp³-hybridized carbons (Fsp3) is 0.421. The smallest absolute Gasteiger partial charge is 0.274 e. The van der Waals surface area contributed by atoms with Gasteiger partial charge in [0, 0.05) is 38.9 Å². The molecular weight excluding hydrogens is 346 g/mol. The van der Waals surface area contributed by atoms with E-state index in [-0.39, 0.29) is 5.91 Å². The van der Waals surface area contributed by atoms with Gasteiger partial charge in [0.25, 0.3) is 5.91 Å². The number of aryl methyl sites for hydroxylation is 4. The number of carbonyl (C=O) groups excluding carboxylic acids is 1. The van der Waals surface area contributed by atoms with Crippen molar-refractivity contribution in [3.63, 3.8) is 0 Å². The van der Waals surface area contributed by atoms with Gasteiger partial charge in [-0.15, -0.1) is 0 Å². The maximum absolute atomic E-state index is 12.7. The van der Waals surface area contributed by atoms with Crippen LogP contribution in [0.4, 0.5) is 5.13 Å². The summed E-state index contributed by atoms with van der Waals surface area (Å²) < 4.78 is 3.01. The first-order valence-corrected chi connectivity index (χ1v) is 9.67. The minimum atomic E-state index is 0.0179. The standard InChI is InChI=1S/C19H23N5OS/c1-12-5-6-13(2)17-16(12)20-19(26-17)24-9-7-23(8-10-24)18(25)15-11-14(3)22(4)21-15/h5-6,11H,7-10H2,1-4H3. The summed E-state index contributed by atoms with van der Waals surface area (Å²) in [5, 5.41) is 5.37. The first-order valence-electron chi connectivity index (χ1n) is 8.85. The van der Waals surface area contributed by atoms with E-state index in [1.165, 1.54) is 15.8 Å². The van der Waals surface area contributed by atoms with E-state index in [1.807, 2.05) is 24.9 Å². The van der Waals surface area contributed by atoms with E-state index >= 15 is 0 Å². The van der Waals surface area contributed by atoms with Gasteiger partial charge in [0.15, 0.2) is 10.8 Å². The molecule has 0 aliphatic carbocycles. The van der Waals surface area contributed by atoms with Crippen LogP contribution in [0.2, 0.25) is 0 Å². The van der Waals surface area contributed by atoms with Crippen LogP contribution in [0.25, 0.3) is 10.2 Å². The molecular formula is C19H23N5OS. The van der Waals surface area contributed by atoms with Crippen LogP contribution in [0, 0.1) is 20.8 Å². The molecule has 0 bridgehead atoms. The number of piperazine rings is 1. The Morgan fingerprint density at radius 2 is 1.77 bits per heavy atom. The largest absolute Gasteiger partial charge is 0.345 e. The SMILES string of the molecule is Cc1ccc(C)c2sc(N3CCN(C(=O)c4cc(C)n(C)n4)CC3)nc12. The molecule has 0 unspecified atom stereocenters. The van der Waals surface area contributed by atoms with Gasteiger partial charge < -0.3 is 9.80 Å². The van der Waals surface area contributed by atoms with Gasteiger partial charge in [0.05, 0.1) is 10.2 Å². The molecule has 2 aromatic heterocycles. The van der Waals surface area contributed by atoms with Crippen molar-refractivity contribution in [3.05, 3.63) is 40.7 Å². The quantitative estimate of drug-likeness (QED) is 0.697. The van der Waals surface area contributed by atoms with E-state index < -0.39 is 0 Å². The third-order valence-corrected chi connectivity index (χ3v) is 6.35. The van der Waals surface area contributed by atoms with Gasteiger partial charge in [-0.3, -0.25) is 9.48 Å². The second-order valence-electron chi connectivity index (χ2n) is 6.95. The number of rotatable bonds is 2. The van der Waals surface area contributed by atoms with Crippen LogP contribution in [0.5, 0.6) is 0 Å². The fourth-order valence-corrected chi connectivity index (χ4v) is 4.47. The lowest BCUT2D eigenvalue weighted by Gasteiger charge is -2.34. The van der Waals surface area contributed by atoms with Crippen LogP contribution in [0.3, 0.4) is 0 Å². The molecule has 26 heavy (non-hydrogen) atoms. The van der Waals surface area contributed by atoms with Crippen LogP contribution in [0.1, 0.15) is 27.3 Å². The summed E-state index contributed by atoms with van der Waals surface area (Å²) in [6, 6.07) is 6.14. The Balaban J connectivity index is 1.49. The Morgan fingerprint density at radius 1 is 1.08 bits per heavy atom. The van der Waals surface area contributed by atoms with Crippen molar-refractivity contribution in [2.45, 2.75) is 20.8 Å². The van der Waals surface area contributed by atoms with Crippen LogP contribution in [-0.4, -0.2) is 51.8 Å². The van der Waals surface area contributed by atoms with Crippen molar-refractivity contribution in [1.29, 1.82) is 0 Å². The number of hydrogen-bond acceptors (Lipinski definition) is 5. The molecule has 0 saturated carbocycles. The monoisotopic (exact) mass is 369 g/mol. The highest BCUT2D eigenvalue weighted by molar-refractivity contribution is 7.22. The van der Waals surface area contributed by atoms with Crippen molar-refractivity contribution in [2.24, 2.45) is 7.05 Å². The molecule has 0 N–H and O–H groups in total. The number of fused-ring (bicyclic) bond motifs is 1. The number of thiazole rings is 1. The summed E-state index contributed by atoms with van der Waals surface area (Å²) in [6.07, 6.45) is 0. The first-order chi connectivity index (χ1) is 12.4. The van der Waals surface area contributed by atoms with Crippen molar-refractivity contribution < 1.29 is 4.79 Å². The van der Waals surface area contributed by atoms with Gasteiger partial charge in [-0.2, -0.15) is 5.10 Å². The predicted molar refractivity (Wildman–Crippen MR) is 105 cm³/mol. The highest BCUT2D eigenvalue weighted by atomic mass is 32.1. The Morgan fingerprint density at radius 3 is 2.38 bits per heavy atom. The Hall–Kier alpha value is -2.41. The van der Waals surface area contributed by atoms with E-state index in [0.717, 1.165) is 29.4 Å². The molecule has 0 atom stereocenters. The molecule has 1 fully saturated rings. The summed E-state index contributed by atoms with van der Waals surface area (Å²) >= 11 is 1.75. The summed E-state index contributed by atoms with van der Waals surface area (Å²) in [5.41, 5.74) is 5.12. The number of carbonyl (C=O) groups is 1. The molecule has 1 saturated heterocycles. The third kappa shape index (κ3) is 2.86. The first kappa shape index (κ1) is 17.0. The highest BCUT2D eigenvalue weighted by Gasteiger charge is 2.25. The molecule has 4 rings (SSSR count). The van der Waals surface area contributed by atoms with Gasteiger partial charge >= 0.3 is 0 Å². The van der Waals surface area contributed by atoms with Gasteiger partial charge in [-0.05, 0) is 38.0 Å². The predicted octanol–water partition coefficient (Wildman–Crippen LogP) is 2.92. The van der Waals surface area contributed by atoms with Crippen LogP contribution < -0.4 is 4.90 Å². The average Bonchev–Trinajstić information content (AvgIpc) is 3.23. The molecule has 1 aliphatic heterocycles. The number of nitrogens with zero attached hydrogens (tertiary/aromatic N) is 5. The number of benzene rings is 1. The van der Waals surface area contributed by atoms with E-state index in [4.69, 9.17) is 4.98 Å². The zero-order valence-electron chi connectivity index (χ0n) is 15.6. The molecule has 136 valence electrons. The average molecular weight is 369 g/mol. The minimum Gasteiger partial charge on any atom is -0.345 e. The topological polar surface area (TPSA) is 54.3 Å². The summed E-state index contributed by atoms with van der Waals surface area (Å²) in [6.45, 7) is 9.19. The van der Waals surface area contributed by atoms with Crippen molar-refractivity contribution in [2.75, 3.05) is 31.1 Å². The number of anilines is 1. The lowest BCUT2D eigenvalue weighted by atomic mass is 10.1. The van der Waals surface area contributed by atoms with E-state index in [0.29, 0.717) is 18.8 Å². The van der Waals surface area contributed by atoms with Crippen molar-refractivity contribution in [1.82, 2.24) is 19.7 Å². The van der Waals surface area contributed by atoms with E-state index in [2.05, 4.69) is 36.0 Å². The maximum Gasteiger partial charge on any atom is 0.274 e. The highest BCUT2D eigenvalue weighted by Crippen LogP contribution is 2.33. The number of aromatic nitrogens is 3.